The van der Waals surface area contributed by atoms with Gasteiger partial charge in [-0.3, -0.25) is 0 Å². The van der Waals surface area contributed by atoms with Crippen molar-refractivity contribution in [1.82, 2.24) is 9.55 Å². The maximum Gasteiger partial charge on any atom is 0.335 e. The fourth-order valence-corrected chi connectivity index (χ4v) is 2.96. The average molecular weight is 343 g/mol. The van der Waals surface area contributed by atoms with E-state index in [9.17, 15) is 9.90 Å². The van der Waals surface area contributed by atoms with Crippen LogP contribution in [0, 0.1) is 0 Å². The van der Waals surface area contributed by atoms with Gasteiger partial charge in [-0.15, -0.1) is 0 Å². The molecule has 1 heterocycles. The summed E-state index contributed by atoms with van der Waals surface area (Å²) in [6.45, 7) is 0.669. The maximum atomic E-state index is 11.2. The molecular formula is C21H17N3O2. The van der Waals surface area contributed by atoms with Crippen molar-refractivity contribution in [3.63, 3.8) is 0 Å². The third-order valence-corrected chi connectivity index (χ3v) is 4.20. The standard InChI is InChI=1S/C21H17N3O2/c25-20(26)16-9-6-10-17(13-16)22-21-23-18-11-4-5-12-19(18)24(21)14-15-7-2-1-3-8-15/h1-13H,14H2,(H,22,23)(H,25,26). The highest BCUT2D eigenvalue weighted by atomic mass is 16.4. The van der Waals surface area contributed by atoms with Crippen molar-refractivity contribution < 1.29 is 9.90 Å². The van der Waals surface area contributed by atoms with Crippen molar-refractivity contribution in [3.8, 4) is 0 Å². The molecule has 0 aliphatic rings. The molecule has 0 aliphatic carbocycles. The molecule has 128 valence electrons. The van der Waals surface area contributed by atoms with Crippen LogP contribution in [0.15, 0.2) is 78.9 Å². The number of carboxylic acid groups (broad SMARTS) is 1. The lowest BCUT2D eigenvalue weighted by Gasteiger charge is -2.11. The summed E-state index contributed by atoms with van der Waals surface area (Å²) >= 11 is 0. The predicted molar refractivity (Wildman–Crippen MR) is 102 cm³/mol. The van der Waals surface area contributed by atoms with Crippen molar-refractivity contribution in [2.45, 2.75) is 6.54 Å². The van der Waals surface area contributed by atoms with E-state index in [1.54, 1.807) is 18.2 Å². The fraction of sp³-hybridized carbons (Fsp3) is 0.0476. The second-order valence-corrected chi connectivity index (χ2v) is 6.01. The normalized spacial score (nSPS) is 10.8. The Balaban J connectivity index is 1.75. The van der Waals surface area contributed by atoms with Gasteiger partial charge in [-0.2, -0.15) is 0 Å². The first-order valence-electron chi connectivity index (χ1n) is 8.30. The number of carboxylic acids is 1. The van der Waals surface area contributed by atoms with Crippen LogP contribution in [0.25, 0.3) is 11.0 Å². The first-order valence-corrected chi connectivity index (χ1v) is 8.30. The van der Waals surface area contributed by atoms with Gasteiger partial charge in [-0.05, 0) is 35.9 Å². The van der Waals surface area contributed by atoms with Crippen molar-refractivity contribution >= 4 is 28.6 Å². The number of aromatic nitrogens is 2. The van der Waals surface area contributed by atoms with Crippen molar-refractivity contribution in [2.24, 2.45) is 0 Å². The molecule has 4 rings (SSSR count). The van der Waals surface area contributed by atoms with Crippen LogP contribution < -0.4 is 5.32 Å². The van der Waals surface area contributed by atoms with Crippen LogP contribution >= 0.6 is 0 Å². The predicted octanol–water partition coefficient (Wildman–Crippen LogP) is 4.53. The van der Waals surface area contributed by atoms with E-state index in [4.69, 9.17) is 0 Å². The minimum atomic E-state index is -0.952. The molecule has 0 bridgehead atoms. The number of anilines is 2. The molecule has 0 aliphatic heterocycles. The second-order valence-electron chi connectivity index (χ2n) is 6.01. The summed E-state index contributed by atoms with van der Waals surface area (Å²) in [6, 6.07) is 24.8. The second kappa shape index (κ2) is 6.72. The summed E-state index contributed by atoms with van der Waals surface area (Å²) in [4.78, 5) is 15.9. The van der Waals surface area contributed by atoms with Gasteiger partial charge >= 0.3 is 5.97 Å². The molecule has 2 N–H and O–H groups in total. The number of nitrogens with zero attached hydrogens (tertiary/aromatic N) is 2. The summed E-state index contributed by atoms with van der Waals surface area (Å²) in [6.07, 6.45) is 0. The third-order valence-electron chi connectivity index (χ3n) is 4.20. The molecule has 0 saturated heterocycles. The topological polar surface area (TPSA) is 67.2 Å². The molecule has 0 fully saturated rings. The van der Waals surface area contributed by atoms with Crippen LogP contribution in [0.3, 0.4) is 0 Å². The Hall–Kier alpha value is -3.60. The number of aromatic carboxylic acids is 1. The Morgan fingerprint density at radius 3 is 2.54 bits per heavy atom. The number of imidazole rings is 1. The Labute approximate surface area is 150 Å². The minimum Gasteiger partial charge on any atom is -0.478 e. The largest absolute Gasteiger partial charge is 0.478 e. The number of fused-ring (bicyclic) bond motifs is 1. The molecule has 0 saturated carbocycles. The maximum absolute atomic E-state index is 11.2. The number of rotatable bonds is 5. The number of hydrogen-bond donors (Lipinski definition) is 2. The SMILES string of the molecule is O=C(O)c1cccc(Nc2nc3ccccc3n2Cc2ccccc2)c1. The van der Waals surface area contributed by atoms with Gasteiger partial charge in [-0.1, -0.05) is 48.5 Å². The summed E-state index contributed by atoms with van der Waals surface area (Å²) in [5.74, 6) is -0.274. The van der Waals surface area contributed by atoms with E-state index in [1.807, 2.05) is 48.5 Å². The third kappa shape index (κ3) is 3.15. The first kappa shape index (κ1) is 15.9. The van der Waals surface area contributed by atoms with Gasteiger partial charge in [0.25, 0.3) is 0 Å². The van der Waals surface area contributed by atoms with Crippen LogP contribution in [-0.4, -0.2) is 20.6 Å². The molecule has 1 aromatic heterocycles. The van der Waals surface area contributed by atoms with E-state index in [0.29, 0.717) is 18.2 Å². The highest BCUT2D eigenvalue weighted by Crippen LogP contribution is 2.24. The monoisotopic (exact) mass is 343 g/mol. The number of benzene rings is 3. The Morgan fingerprint density at radius 1 is 0.962 bits per heavy atom. The summed E-state index contributed by atoms with van der Waals surface area (Å²) in [7, 11) is 0. The number of para-hydroxylation sites is 2. The van der Waals surface area contributed by atoms with Gasteiger partial charge in [0.15, 0.2) is 0 Å². The van der Waals surface area contributed by atoms with Gasteiger partial charge in [0, 0.05) is 5.69 Å². The van der Waals surface area contributed by atoms with E-state index in [0.717, 1.165) is 16.6 Å². The van der Waals surface area contributed by atoms with Crippen LogP contribution in [0.2, 0.25) is 0 Å². The first-order chi connectivity index (χ1) is 12.7. The lowest BCUT2D eigenvalue weighted by molar-refractivity contribution is 0.0697. The molecule has 3 aromatic carbocycles. The molecule has 4 aromatic rings. The Morgan fingerprint density at radius 2 is 1.73 bits per heavy atom. The highest BCUT2D eigenvalue weighted by Gasteiger charge is 2.12. The van der Waals surface area contributed by atoms with Crippen LogP contribution in [0.1, 0.15) is 15.9 Å². The average Bonchev–Trinajstić information content (AvgIpc) is 3.00. The van der Waals surface area contributed by atoms with E-state index >= 15 is 0 Å². The van der Waals surface area contributed by atoms with Gasteiger partial charge in [0.1, 0.15) is 0 Å². The van der Waals surface area contributed by atoms with Gasteiger partial charge in [0.05, 0.1) is 23.1 Å². The molecular weight excluding hydrogens is 326 g/mol. The number of nitrogens with one attached hydrogen (secondary N) is 1. The quantitative estimate of drug-likeness (QED) is 0.559. The summed E-state index contributed by atoms with van der Waals surface area (Å²) in [5, 5.41) is 12.5. The summed E-state index contributed by atoms with van der Waals surface area (Å²) in [5.41, 5.74) is 4.00. The molecule has 5 heteroatoms. The number of hydrogen-bond acceptors (Lipinski definition) is 3. The van der Waals surface area contributed by atoms with Crippen molar-refractivity contribution in [2.75, 3.05) is 5.32 Å². The molecule has 5 nitrogen and oxygen atoms in total. The number of carbonyl (C=O) groups is 1. The van der Waals surface area contributed by atoms with Crippen LogP contribution in [0.5, 0.6) is 0 Å². The smallest absolute Gasteiger partial charge is 0.335 e. The van der Waals surface area contributed by atoms with Crippen LogP contribution in [-0.2, 0) is 6.54 Å². The lowest BCUT2D eigenvalue weighted by atomic mass is 10.2. The highest BCUT2D eigenvalue weighted by molar-refractivity contribution is 5.89. The zero-order chi connectivity index (χ0) is 17.9. The fourth-order valence-electron chi connectivity index (χ4n) is 2.96. The molecule has 0 atom stereocenters. The zero-order valence-corrected chi connectivity index (χ0v) is 14.0. The van der Waals surface area contributed by atoms with E-state index < -0.39 is 5.97 Å². The molecule has 0 unspecified atom stereocenters. The van der Waals surface area contributed by atoms with Gasteiger partial charge < -0.3 is 15.0 Å². The Kier molecular flexibility index (Phi) is 4.11. The van der Waals surface area contributed by atoms with Crippen LogP contribution in [0.4, 0.5) is 11.6 Å². The lowest BCUT2D eigenvalue weighted by Crippen LogP contribution is -2.06. The van der Waals surface area contributed by atoms with Crippen molar-refractivity contribution in [3.05, 3.63) is 90.0 Å². The molecule has 0 radical (unpaired) electrons. The van der Waals surface area contributed by atoms with E-state index in [-0.39, 0.29) is 5.56 Å². The van der Waals surface area contributed by atoms with E-state index in [1.165, 1.54) is 0 Å². The molecule has 0 amide bonds. The van der Waals surface area contributed by atoms with Gasteiger partial charge in [-0.25, -0.2) is 9.78 Å². The Bertz CT molecular complexity index is 1070. The zero-order valence-electron chi connectivity index (χ0n) is 14.0. The van der Waals surface area contributed by atoms with Gasteiger partial charge in [0.2, 0.25) is 5.95 Å². The molecule has 26 heavy (non-hydrogen) atoms. The van der Waals surface area contributed by atoms with E-state index in [2.05, 4.69) is 27.0 Å². The molecule has 0 spiro atoms. The minimum absolute atomic E-state index is 0.237. The van der Waals surface area contributed by atoms with Crippen molar-refractivity contribution in [1.29, 1.82) is 0 Å². The summed E-state index contributed by atoms with van der Waals surface area (Å²) < 4.78 is 2.10.